The molecule has 0 aromatic carbocycles. The van der Waals surface area contributed by atoms with Crippen LogP contribution in [0, 0.1) is 20.8 Å². The van der Waals surface area contributed by atoms with Crippen LogP contribution in [0.3, 0.4) is 0 Å². The fraction of sp³-hybridized carbons (Fsp3) is 0.375. The first-order valence-electron chi connectivity index (χ1n) is 10.6. The van der Waals surface area contributed by atoms with Crippen molar-refractivity contribution in [2.75, 3.05) is 13.7 Å². The Bertz CT molecular complexity index is 1160. The van der Waals surface area contributed by atoms with E-state index in [1.165, 1.54) is 0 Å². The third-order valence-corrected chi connectivity index (χ3v) is 5.84. The fourth-order valence-corrected chi connectivity index (χ4v) is 4.21. The molecule has 0 unspecified atom stereocenters. The lowest BCUT2D eigenvalue weighted by Gasteiger charge is -2.30. The third kappa shape index (κ3) is 4.31. The molecule has 1 aliphatic heterocycles. The van der Waals surface area contributed by atoms with Gasteiger partial charge >= 0.3 is 0 Å². The first-order valence-corrected chi connectivity index (χ1v) is 10.6. The number of nitrogens with zero attached hydrogens (tertiary/aromatic N) is 2. The zero-order chi connectivity index (χ0) is 22.8. The summed E-state index contributed by atoms with van der Waals surface area (Å²) in [4.78, 5) is 35.1. The van der Waals surface area contributed by atoms with Crippen molar-refractivity contribution in [1.29, 1.82) is 0 Å². The predicted octanol–water partition coefficient (Wildman–Crippen LogP) is 3.20. The van der Waals surface area contributed by atoms with Gasteiger partial charge in [-0.1, -0.05) is 0 Å². The second-order valence-corrected chi connectivity index (χ2v) is 8.19. The van der Waals surface area contributed by atoms with Gasteiger partial charge in [0.1, 0.15) is 18.1 Å². The van der Waals surface area contributed by atoms with E-state index in [2.05, 4.69) is 15.3 Å². The molecule has 1 aliphatic rings. The minimum absolute atomic E-state index is 0.00126. The highest BCUT2D eigenvalue weighted by Gasteiger charge is 2.26. The molecule has 8 heteroatoms. The lowest BCUT2D eigenvalue weighted by Crippen LogP contribution is -2.37. The number of carbonyl (C=O) groups excluding carboxylic acids is 2. The van der Waals surface area contributed by atoms with Crippen LogP contribution >= 0.6 is 0 Å². The Morgan fingerprint density at radius 2 is 2.09 bits per heavy atom. The topological polar surface area (TPSA) is 100 Å². The molecule has 0 fully saturated rings. The van der Waals surface area contributed by atoms with Crippen molar-refractivity contribution in [3.05, 3.63) is 75.3 Å². The Kier molecular flexibility index (Phi) is 6.14. The van der Waals surface area contributed by atoms with Gasteiger partial charge < -0.3 is 24.4 Å². The van der Waals surface area contributed by atoms with E-state index in [4.69, 9.17) is 9.15 Å². The number of furan rings is 1. The number of aryl methyl sites for hydroxylation is 3. The number of methoxy groups -OCH3 is 1. The van der Waals surface area contributed by atoms with Crippen molar-refractivity contribution in [3.63, 3.8) is 0 Å². The number of aromatic nitrogens is 2. The number of aromatic amines is 1. The number of rotatable bonds is 6. The fourth-order valence-electron chi connectivity index (χ4n) is 4.21. The lowest BCUT2D eigenvalue weighted by molar-refractivity contribution is 0.0728. The molecule has 3 aromatic rings. The van der Waals surface area contributed by atoms with Gasteiger partial charge in [0.05, 0.1) is 0 Å². The molecule has 0 aliphatic carbocycles. The molecule has 4 heterocycles. The smallest absolute Gasteiger partial charge is 0.287 e. The normalized spacial score (nSPS) is 13.2. The van der Waals surface area contributed by atoms with Gasteiger partial charge in [-0.2, -0.15) is 0 Å². The molecule has 0 saturated heterocycles. The minimum atomic E-state index is -0.283. The Hall–Kier alpha value is -3.39. The van der Waals surface area contributed by atoms with Gasteiger partial charge in [0.25, 0.3) is 11.8 Å². The first-order chi connectivity index (χ1) is 15.4. The molecule has 0 atom stereocenters. The van der Waals surface area contributed by atoms with Crippen LogP contribution in [0.1, 0.15) is 60.4 Å². The van der Waals surface area contributed by atoms with Gasteiger partial charge in [-0.15, -0.1) is 0 Å². The van der Waals surface area contributed by atoms with Gasteiger partial charge in [-0.25, -0.2) is 0 Å². The maximum Gasteiger partial charge on any atom is 0.287 e. The number of carbonyl (C=O) groups is 2. The number of amides is 2. The number of hydrogen-bond donors (Lipinski definition) is 2. The van der Waals surface area contributed by atoms with Crippen molar-refractivity contribution in [2.24, 2.45) is 0 Å². The number of hydrogen-bond acceptors (Lipinski definition) is 5. The molecule has 0 saturated carbocycles. The lowest BCUT2D eigenvalue weighted by atomic mass is 9.94. The molecule has 168 valence electrons. The van der Waals surface area contributed by atoms with Gasteiger partial charge in [0.2, 0.25) is 0 Å². The van der Waals surface area contributed by atoms with Crippen molar-refractivity contribution in [2.45, 2.75) is 46.9 Å². The number of pyridine rings is 1. The van der Waals surface area contributed by atoms with Crippen LogP contribution < -0.4 is 5.32 Å². The van der Waals surface area contributed by atoms with Gasteiger partial charge in [-0.05, 0) is 67.6 Å². The quantitative estimate of drug-likeness (QED) is 0.618. The summed E-state index contributed by atoms with van der Waals surface area (Å²) in [5.41, 5.74) is 6.61. The molecule has 2 N–H and O–H groups in total. The van der Waals surface area contributed by atoms with E-state index in [1.807, 2.05) is 37.9 Å². The van der Waals surface area contributed by atoms with Crippen LogP contribution in [-0.2, 0) is 30.9 Å². The summed E-state index contributed by atoms with van der Waals surface area (Å²) in [5.74, 6) is 0.571. The van der Waals surface area contributed by atoms with E-state index < -0.39 is 0 Å². The standard InChI is InChI=1S/C24H28N4O4/c1-14-9-15(2)27-22(14)24(30)28-8-7-19-17(12-28)10-25-16(3)20(19)11-26-23(29)21-6-5-18(32-21)13-31-4/h5-6,9-10,27H,7-8,11-13H2,1-4H3,(H,26,29). The van der Waals surface area contributed by atoms with Crippen LogP contribution in [0.2, 0.25) is 0 Å². The maximum atomic E-state index is 13.0. The van der Waals surface area contributed by atoms with Crippen LogP contribution in [0.5, 0.6) is 0 Å². The molecule has 3 aromatic heterocycles. The van der Waals surface area contributed by atoms with E-state index in [0.717, 1.165) is 33.6 Å². The highest BCUT2D eigenvalue weighted by molar-refractivity contribution is 5.94. The summed E-state index contributed by atoms with van der Waals surface area (Å²) in [7, 11) is 1.57. The molecule has 0 radical (unpaired) electrons. The summed E-state index contributed by atoms with van der Waals surface area (Å²) < 4.78 is 10.5. The monoisotopic (exact) mass is 436 g/mol. The molecular formula is C24H28N4O4. The Morgan fingerprint density at radius 1 is 1.28 bits per heavy atom. The second-order valence-electron chi connectivity index (χ2n) is 8.19. The Balaban J connectivity index is 1.48. The average Bonchev–Trinajstić information content (AvgIpc) is 3.38. The van der Waals surface area contributed by atoms with Crippen LogP contribution in [0.4, 0.5) is 0 Å². The Labute approximate surface area is 187 Å². The second kappa shape index (κ2) is 9.00. The van der Waals surface area contributed by atoms with Crippen LogP contribution in [-0.4, -0.2) is 40.3 Å². The number of H-pyrrole nitrogens is 1. The molecule has 4 rings (SSSR count). The summed E-state index contributed by atoms with van der Waals surface area (Å²) in [6, 6.07) is 5.35. The summed E-state index contributed by atoms with van der Waals surface area (Å²) in [6.45, 7) is 7.61. The average molecular weight is 437 g/mol. The van der Waals surface area contributed by atoms with E-state index in [1.54, 1.807) is 19.2 Å². The first kappa shape index (κ1) is 21.8. The summed E-state index contributed by atoms with van der Waals surface area (Å²) >= 11 is 0. The Morgan fingerprint density at radius 3 is 2.81 bits per heavy atom. The van der Waals surface area contributed by atoms with Crippen molar-refractivity contribution in [1.82, 2.24) is 20.2 Å². The minimum Gasteiger partial charge on any atom is -0.453 e. The molecule has 2 amide bonds. The predicted molar refractivity (Wildman–Crippen MR) is 118 cm³/mol. The van der Waals surface area contributed by atoms with Crippen molar-refractivity contribution in [3.8, 4) is 0 Å². The van der Waals surface area contributed by atoms with E-state index in [0.29, 0.717) is 44.1 Å². The molecule has 0 bridgehead atoms. The highest BCUT2D eigenvalue weighted by atomic mass is 16.5. The maximum absolute atomic E-state index is 13.0. The van der Waals surface area contributed by atoms with E-state index in [-0.39, 0.29) is 17.6 Å². The van der Waals surface area contributed by atoms with E-state index in [9.17, 15) is 9.59 Å². The zero-order valence-electron chi connectivity index (χ0n) is 18.9. The third-order valence-electron chi connectivity index (χ3n) is 5.84. The van der Waals surface area contributed by atoms with Crippen molar-refractivity contribution < 1.29 is 18.7 Å². The number of nitrogens with one attached hydrogen (secondary N) is 2. The number of ether oxygens (including phenoxy) is 1. The molecular weight excluding hydrogens is 408 g/mol. The number of fused-ring (bicyclic) bond motifs is 1. The molecule has 0 spiro atoms. The summed E-state index contributed by atoms with van der Waals surface area (Å²) in [5, 5.41) is 2.93. The van der Waals surface area contributed by atoms with Gasteiger partial charge in [-0.3, -0.25) is 14.6 Å². The molecule has 8 nitrogen and oxygen atoms in total. The van der Waals surface area contributed by atoms with Crippen LogP contribution in [0.25, 0.3) is 0 Å². The largest absolute Gasteiger partial charge is 0.453 e. The van der Waals surface area contributed by atoms with E-state index >= 15 is 0 Å². The van der Waals surface area contributed by atoms with Gasteiger partial charge in [0.15, 0.2) is 5.76 Å². The summed E-state index contributed by atoms with van der Waals surface area (Å²) in [6.07, 6.45) is 2.55. The zero-order valence-corrected chi connectivity index (χ0v) is 18.9. The molecule has 32 heavy (non-hydrogen) atoms. The van der Waals surface area contributed by atoms with Gasteiger partial charge in [0, 0.05) is 44.3 Å². The van der Waals surface area contributed by atoms with Crippen LogP contribution in [0.15, 0.2) is 28.8 Å². The van der Waals surface area contributed by atoms with Crippen molar-refractivity contribution >= 4 is 11.8 Å². The highest BCUT2D eigenvalue weighted by Crippen LogP contribution is 2.25. The SMILES string of the molecule is COCc1ccc(C(=O)NCc2c(C)ncc3c2CCN(C(=O)c2[nH]c(C)cc2C)C3)o1.